The van der Waals surface area contributed by atoms with E-state index in [1.807, 2.05) is 4.68 Å². The Morgan fingerprint density at radius 1 is 1.43 bits per heavy atom. The van der Waals surface area contributed by atoms with Gasteiger partial charge in [0.1, 0.15) is 30.6 Å². The number of fused-ring (bicyclic) bond motifs is 1. The molecule has 0 saturated heterocycles. The lowest BCUT2D eigenvalue weighted by molar-refractivity contribution is 0.101. The molecule has 0 aliphatic carbocycles. The summed E-state index contributed by atoms with van der Waals surface area (Å²) < 4.78 is 7.43. The second kappa shape index (κ2) is 7.22. The second-order valence-electron chi connectivity index (χ2n) is 5.60. The summed E-state index contributed by atoms with van der Waals surface area (Å²) in [6.45, 7) is 1.45. The van der Waals surface area contributed by atoms with Crippen molar-refractivity contribution in [2.45, 2.75) is 31.5 Å². The Balaban J connectivity index is 1.40. The molecule has 0 bridgehead atoms. The molecule has 23 heavy (non-hydrogen) atoms. The largest absolute Gasteiger partial charge is 0.491 e. The van der Waals surface area contributed by atoms with Crippen LogP contribution in [-0.2, 0) is 13.0 Å². The van der Waals surface area contributed by atoms with Crippen LogP contribution in [-0.4, -0.2) is 45.2 Å². The third-order valence-electron chi connectivity index (χ3n) is 3.87. The molecule has 2 N–H and O–H groups in total. The third-order valence-corrected chi connectivity index (χ3v) is 3.87. The molecule has 2 atom stereocenters. The van der Waals surface area contributed by atoms with Gasteiger partial charge in [-0.3, -0.25) is 0 Å². The fourth-order valence-corrected chi connectivity index (χ4v) is 2.58. The number of benzene rings is 1. The summed E-state index contributed by atoms with van der Waals surface area (Å²) in [5, 5.41) is 26.3. The van der Waals surface area contributed by atoms with E-state index >= 15 is 0 Å². The second-order valence-corrected chi connectivity index (χ2v) is 5.60. The van der Waals surface area contributed by atoms with Gasteiger partial charge in [-0.25, -0.2) is 9.67 Å². The fourth-order valence-electron chi connectivity index (χ4n) is 2.58. The van der Waals surface area contributed by atoms with Crippen molar-refractivity contribution < 1.29 is 9.84 Å². The first kappa shape index (κ1) is 15.5. The lowest BCUT2D eigenvalue weighted by Gasteiger charge is -2.24. The third kappa shape index (κ3) is 4.06. The van der Waals surface area contributed by atoms with Crippen molar-refractivity contribution in [3.05, 3.63) is 42.0 Å². The number of ether oxygens (including phenoxy) is 1. The first-order valence-electron chi connectivity index (χ1n) is 7.65. The first-order chi connectivity index (χ1) is 11.2. The summed E-state index contributed by atoms with van der Waals surface area (Å²) in [5.74, 6) is 1.67. The zero-order valence-corrected chi connectivity index (χ0v) is 12.7. The van der Waals surface area contributed by atoms with Gasteiger partial charge in [-0.2, -0.15) is 10.4 Å². The number of aromatic nitrogens is 3. The van der Waals surface area contributed by atoms with Crippen LogP contribution in [0.15, 0.2) is 30.6 Å². The standard InChI is InChI=1S/C16H19N5O2/c17-7-12-1-4-15(5-2-12)23-10-14(22)8-18-13-3-6-16-19-11-20-21(16)9-13/h1-2,4-5,11,13-14,18,22H,3,6,8-10H2/t13-,14+/m0/s1. The first-order valence-corrected chi connectivity index (χ1v) is 7.65. The minimum absolute atomic E-state index is 0.209. The molecule has 2 aromatic rings. The molecule has 2 heterocycles. The van der Waals surface area contributed by atoms with Crippen LogP contribution in [0.5, 0.6) is 5.75 Å². The summed E-state index contributed by atoms with van der Waals surface area (Å²) in [6, 6.07) is 9.18. The van der Waals surface area contributed by atoms with Crippen LogP contribution >= 0.6 is 0 Å². The molecule has 0 unspecified atom stereocenters. The lowest BCUT2D eigenvalue weighted by Crippen LogP contribution is -2.42. The van der Waals surface area contributed by atoms with Gasteiger partial charge in [0.15, 0.2) is 0 Å². The van der Waals surface area contributed by atoms with Gasteiger partial charge in [-0.15, -0.1) is 0 Å². The van der Waals surface area contributed by atoms with Crippen LogP contribution in [0.4, 0.5) is 0 Å². The Morgan fingerprint density at radius 3 is 3.04 bits per heavy atom. The van der Waals surface area contributed by atoms with E-state index in [1.54, 1.807) is 30.6 Å². The Hall–Kier alpha value is -2.43. The molecule has 0 saturated carbocycles. The van der Waals surface area contributed by atoms with E-state index in [-0.39, 0.29) is 12.6 Å². The highest BCUT2D eigenvalue weighted by molar-refractivity contribution is 5.34. The molecule has 120 valence electrons. The number of nitrogens with zero attached hydrogens (tertiary/aromatic N) is 4. The Kier molecular flexibility index (Phi) is 4.86. The molecule has 1 aliphatic rings. The van der Waals surface area contributed by atoms with E-state index < -0.39 is 6.10 Å². The molecule has 0 amide bonds. The van der Waals surface area contributed by atoms with Crippen LogP contribution in [0.1, 0.15) is 17.8 Å². The summed E-state index contributed by atoms with van der Waals surface area (Å²) in [5.41, 5.74) is 0.587. The van der Waals surface area contributed by atoms with Crippen LogP contribution < -0.4 is 10.1 Å². The molecule has 1 aromatic heterocycles. The van der Waals surface area contributed by atoms with E-state index in [1.165, 1.54) is 0 Å². The average Bonchev–Trinajstić information content (AvgIpc) is 3.06. The highest BCUT2D eigenvalue weighted by atomic mass is 16.5. The zero-order valence-electron chi connectivity index (χ0n) is 12.7. The number of aryl methyl sites for hydroxylation is 1. The van der Waals surface area contributed by atoms with Gasteiger partial charge in [0, 0.05) is 19.0 Å². The van der Waals surface area contributed by atoms with Crippen LogP contribution in [0.3, 0.4) is 0 Å². The van der Waals surface area contributed by atoms with Gasteiger partial charge in [0.2, 0.25) is 0 Å². The number of hydrogen-bond acceptors (Lipinski definition) is 6. The topological polar surface area (TPSA) is 96.0 Å². The lowest BCUT2D eigenvalue weighted by atomic mass is 10.1. The van der Waals surface area contributed by atoms with Gasteiger partial charge in [0.25, 0.3) is 0 Å². The highest BCUT2D eigenvalue weighted by Crippen LogP contribution is 2.13. The van der Waals surface area contributed by atoms with Crippen molar-refractivity contribution >= 4 is 0 Å². The molecular weight excluding hydrogens is 294 g/mol. The Labute approximate surface area is 134 Å². The zero-order chi connectivity index (χ0) is 16.1. The van der Waals surface area contributed by atoms with Crippen molar-refractivity contribution in [1.82, 2.24) is 20.1 Å². The summed E-state index contributed by atoms with van der Waals surface area (Å²) in [6.07, 6.45) is 2.87. The quantitative estimate of drug-likeness (QED) is 0.806. The van der Waals surface area contributed by atoms with E-state index in [4.69, 9.17) is 10.00 Å². The Bertz CT molecular complexity index is 677. The molecular formula is C16H19N5O2. The Morgan fingerprint density at radius 2 is 2.26 bits per heavy atom. The number of aliphatic hydroxyl groups excluding tert-OH is 1. The SMILES string of the molecule is N#Cc1ccc(OC[C@H](O)CN[C@H]2CCc3ncnn3C2)cc1. The molecule has 0 fully saturated rings. The van der Waals surface area contributed by atoms with E-state index in [0.29, 0.717) is 17.9 Å². The monoisotopic (exact) mass is 313 g/mol. The molecule has 3 rings (SSSR count). The predicted octanol–water partition coefficient (Wildman–Crippen LogP) is 0.494. The number of nitrogens with one attached hydrogen (secondary N) is 1. The van der Waals surface area contributed by atoms with Crippen molar-refractivity contribution in [2.24, 2.45) is 0 Å². The number of aliphatic hydroxyl groups is 1. The van der Waals surface area contributed by atoms with Crippen molar-refractivity contribution in [3.8, 4) is 11.8 Å². The van der Waals surface area contributed by atoms with Crippen molar-refractivity contribution in [2.75, 3.05) is 13.2 Å². The number of rotatable bonds is 6. The van der Waals surface area contributed by atoms with E-state index in [0.717, 1.165) is 25.2 Å². The van der Waals surface area contributed by atoms with Gasteiger partial charge in [-0.1, -0.05) is 0 Å². The van der Waals surface area contributed by atoms with E-state index in [2.05, 4.69) is 21.5 Å². The van der Waals surface area contributed by atoms with Crippen LogP contribution in [0.25, 0.3) is 0 Å². The van der Waals surface area contributed by atoms with Gasteiger partial charge in [-0.05, 0) is 30.7 Å². The fraction of sp³-hybridized carbons (Fsp3) is 0.438. The van der Waals surface area contributed by atoms with Gasteiger partial charge >= 0.3 is 0 Å². The molecule has 7 nitrogen and oxygen atoms in total. The van der Waals surface area contributed by atoms with Crippen molar-refractivity contribution in [3.63, 3.8) is 0 Å². The minimum Gasteiger partial charge on any atom is -0.491 e. The van der Waals surface area contributed by atoms with Crippen molar-refractivity contribution in [1.29, 1.82) is 5.26 Å². The summed E-state index contributed by atoms with van der Waals surface area (Å²) in [7, 11) is 0. The van der Waals surface area contributed by atoms with Gasteiger partial charge < -0.3 is 15.2 Å². The maximum Gasteiger partial charge on any atom is 0.138 e. The van der Waals surface area contributed by atoms with Crippen LogP contribution in [0, 0.1) is 11.3 Å². The molecule has 7 heteroatoms. The maximum absolute atomic E-state index is 10.0. The molecule has 1 aromatic carbocycles. The molecule has 1 aliphatic heterocycles. The summed E-state index contributed by atoms with van der Waals surface area (Å²) in [4.78, 5) is 4.20. The molecule has 0 spiro atoms. The normalized spacial score (nSPS) is 18.0. The summed E-state index contributed by atoms with van der Waals surface area (Å²) >= 11 is 0. The minimum atomic E-state index is -0.595. The molecule has 0 radical (unpaired) electrons. The van der Waals surface area contributed by atoms with Gasteiger partial charge in [0.05, 0.1) is 18.2 Å². The maximum atomic E-state index is 10.0. The highest BCUT2D eigenvalue weighted by Gasteiger charge is 2.20. The number of nitriles is 1. The smallest absolute Gasteiger partial charge is 0.138 e. The average molecular weight is 313 g/mol. The van der Waals surface area contributed by atoms with E-state index in [9.17, 15) is 5.11 Å². The predicted molar refractivity (Wildman–Crippen MR) is 82.8 cm³/mol. The van der Waals surface area contributed by atoms with Crippen LogP contribution in [0.2, 0.25) is 0 Å². The number of hydrogen-bond donors (Lipinski definition) is 2.